The second-order valence-corrected chi connectivity index (χ2v) is 6.16. The molecule has 0 aliphatic rings. The lowest BCUT2D eigenvalue weighted by molar-refractivity contribution is 0.00639. The molecule has 1 heterocycles. The highest BCUT2D eigenvalue weighted by Gasteiger charge is 2.19. The highest BCUT2D eigenvalue weighted by Crippen LogP contribution is 2.20. The molecule has 17 heavy (non-hydrogen) atoms. The number of esters is 1. The van der Waals surface area contributed by atoms with Crippen LogP contribution in [0.2, 0.25) is 0 Å². The number of nitrogens with one attached hydrogen (secondary N) is 1. The molecule has 0 bridgehead atoms. The maximum atomic E-state index is 11.9. The Kier molecular flexibility index (Phi) is 3.16. The summed E-state index contributed by atoms with van der Waals surface area (Å²) in [6, 6.07) is 7.81. The number of fused-ring (bicyclic) bond motifs is 1. The Morgan fingerprint density at radius 2 is 2.00 bits per heavy atom. The number of ether oxygens (including phenoxy) is 1. The highest BCUT2D eigenvalue weighted by molar-refractivity contribution is 14.1. The van der Waals surface area contributed by atoms with Crippen molar-refractivity contribution >= 4 is 39.5 Å². The molecule has 0 spiro atoms. The first-order valence-electron chi connectivity index (χ1n) is 5.37. The summed E-state index contributed by atoms with van der Waals surface area (Å²) >= 11 is 2.25. The fourth-order valence-corrected chi connectivity index (χ4v) is 2.06. The van der Waals surface area contributed by atoms with Gasteiger partial charge in [-0.15, -0.1) is 0 Å². The van der Waals surface area contributed by atoms with Gasteiger partial charge in [0.05, 0.1) is 0 Å². The van der Waals surface area contributed by atoms with Gasteiger partial charge >= 0.3 is 5.97 Å². The molecule has 90 valence electrons. The van der Waals surface area contributed by atoms with Crippen LogP contribution in [0, 0.1) is 3.57 Å². The molecule has 0 saturated carbocycles. The second-order valence-electron chi connectivity index (χ2n) is 4.92. The molecular weight excluding hydrogens is 329 g/mol. The second kappa shape index (κ2) is 4.33. The van der Waals surface area contributed by atoms with E-state index in [4.69, 9.17) is 4.74 Å². The lowest BCUT2D eigenvalue weighted by Gasteiger charge is -2.18. The predicted molar refractivity (Wildman–Crippen MR) is 76.2 cm³/mol. The van der Waals surface area contributed by atoms with E-state index < -0.39 is 5.60 Å². The van der Waals surface area contributed by atoms with E-state index in [-0.39, 0.29) is 5.97 Å². The van der Waals surface area contributed by atoms with Gasteiger partial charge in [0.1, 0.15) is 11.3 Å². The van der Waals surface area contributed by atoms with Crippen molar-refractivity contribution in [2.75, 3.05) is 0 Å². The first-order chi connectivity index (χ1) is 7.85. The largest absolute Gasteiger partial charge is 0.455 e. The zero-order valence-electron chi connectivity index (χ0n) is 10.0. The van der Waals surface area contributed by atoms with Gasteiger partial charge in [-0.25, -0.2) is 4.79 Å². The standard InChI is InChI=1S/C13H14INO2/c1-13(2,3)17-12(16)11-7-8-6-9(14)4-5-10(8)15-11/h4-7,15H,1-3H3. The summed E-state index contributed by atoms with van der Waals surface area (Å²) < 4.78 is 6.45. The van der Waals surface area contributed by atoms with E-state index in [2.05, 4.69) is 27.6 Å². The van der Waals surface area contributed by atoms with Crippen LogP contribution in [0.5, 0.6) is 0 Å². The number of hydrogen-bond acceptors (Lipinski definition) is 2. The summed E-state index contributed by atoms with van der Waals surface area (Å²) in [6.45, 7) is 5.57. The Morgan fingerprint density at radius 3 is 2.65 bits per heavy atom. The van der Waals surface area contributed by atoms with E-state index in [0.29, 0.717) is 5.69 Å². The molecule has 1 aromatic heterocycles. The van der Waals surface area contributed by atoms with E-state index in [9.17, 15) is 4.79 Å². The van der Waals surface area contributed by atoms with Gasteiger partial charge in [-0.2, -0.15) is 0 Å². The van der Waals surface area contributed by atoms with Gasteiger partial charge in [0.2, 0.25) is 0 Å². The van der Waals surface area contributed by atoms with Crippen molar-refractivity contribution in [1.82, 2.24) is 4.98 Å². The van der Waals surface area contributed by atoms with Gasteiger partial charge in [-0.05, 0) is 67.6 Å². The first kappa shape index (κ1) is 12.4. The minimum absolute atomic E-state index is 0.316. The molecule has 1 N–H and O–H groups in total. The molecule has 0 aliphatic heterocycles. The molecule has 0 amide bonds. The molecular formula is C13H14INO2. The van der Waals surface area contributed by atoms with Crippen LogP contribution < -0.4 is 0 Å². The fourth-order valence-electron chi connectivity index (χ4n) is 1.55. The number of hydrogen-bond donors (Lipinski definition) is 1. The molecule has 0 fully saturated rings. The molecule has 0 aliphatic carbocycles. The maximum absolute atomic E-state index is 11.9. The lowest BCUT2D eigenvalue weighted by atomic mass is 10.2. The summed E-state index contributed by atoms with van der Waals surface area (Å²) in [6.07, 6.45) is 0. The van der Waals surface area contributed by atoms with Crippen molar-refractivity contribution in [1.29, 1.82) is 0 Å². The minimum Gasteiger partial charge on any atom is -0.455 e. The SMILES string of the molecule is CC(C)(C)OC(=O)c1cc2cc(I)ccc2[nH]1. The quantitative estimate of drug-likeness (QED) is 0.633. The zero-order chi connectivity index (χ0) is 12.6. The van der Waals surface area contributed by atoms with Crippen LogP contribution in [0.25, 0.3) is 10.9 Å². The van der Waals surface area contributed by atoms with E-state index in [1.165, 1.54) is 0 Å². The highest BCUT2D eigenvalue weighted by atomic mass is 127. The smallest absolute Gasteiger partial charge is 0.355 e. The van der Waals surface area contributed by atoms with Crippen molar-refractivity contribution in [2.45, 2.75) is 26.4 Å². The monoisotopic (exact) mass is 343 g/mol. The molecule has 3 nitrogen and oxygen atoms in total. The summed E-state index contributed by atoms with van der Waals surface area (Å²) in [5, 5.41) is 1.03. The number of carbonyl (C=O) groups excluding carboxylic acids is 1. The summed E-state index contributed by atoms with van der Waals surface area (Å²) in [5.74, 6) is -0.316. The normalized spacial score (nSPS) is 11.8. The average Bonchev–Trinajstić information content (AvgIpc) is 2.57. The van der Waals surface area contributed by atoms with Crippen LogP contribution in [0.3, 0.4) is 0 Å². The Hall–Kier alpha value is -1.04. The third-order valence-electron chi connectivity index (χ3n) is 2.20. The fraction of sp³-hybridized carbons (Fsp3) is 0.308. The van der Waals surface area contributed by atoms with Crippen LogP contribution in [-0.2, 0) is 4.74 Å². The first-order valence-corrected chi connectivity index (χ1v) is 6.45. The van der Waals surface area contributed by atoms with Gasteiger partial charge in [-0.1, -0.05) is 0 Å². The number of rotatable bonds is 1. The summed E-state index contributed by atoms with van der Waals surface area (Å²) in [7, 11) is 0. The number of benzene rings is 1. The van der Waals surface area contributed by atoms with Crippen molar-refractivity contribution in [3.63, 3.8) is 0 Å². The number of aromatic amines is 1. The van der Waals surface area contributed by atoms with Crippen LogP contribution in [0.4, 0.5) is 0 Å². The third kappa shape index (κ3) is 3.00. The van der Waals surface area contributed by atoms with Crippen molar-refractivity contribution < 1.29 is 9.53 Å². The van der Waals surface area contributed by atoms with Crippen LogP contribution in [0.15, 0.2) is 24.3 Å². The van der Waals surface area contributed by atoms with E-state index >= 15 is 0 Å². The van der Waals surface area contributed by atoms with Gasteiger partial charge in [0.25, 0.3) is 0 Å². The Morgan fingerprint density at radius 1 is 1.29 bits per heavy atom. The molecule has 0 atom stereocenters. The lowest BCUT2D eigenvalue weighted by Crippen LogP contribution is -2.24. The van der Waals surface area contributed by atoms with Crippen molar-refractivity contribution in [2.24, 2.45) is 0 Å². The molecule has 1 aromatic carbocycles. The average molecular weight is 343 g/mol. The van der Waals surface area contributed by atoms with Crippen LogP contribution >= 0.6 is 22.6 Å². The zero-order valence-corrected chi connectivity index (χ0v) is 12.2. The van der Waals surface area contributed by atoms with Crippen LogP contribution in [0.1, 0.15) is 31.3 Å². The molecule has 2 rings (SSSR count). The van der Waals surface area contributed by atoms with Gasteiger partial charge in [-0.3, -0.25) is 0 Å². The molecule has 0 radical (unpaired) electrons. The number of halogens is 1. The maximum Gasteiger partial charge on any atom is 0.355 e. The van der Waals surface area contributed by atoms with Gasteiger partial charge in [0.15, 0.2) is 0 Å². The number of H-pyrrole nitrogens is 1. The van der Waals surface area contributed by atoms with Gasteiger partial charge < -0.3 is 9.72 Å². The minimum atomic E-state index is -0.469. The molecule has 0 unspecified atom stereocenters. The Balaban J connectivity index is 2.33. The number of carbonyl (C=O) groups is 1. The Bertz CT molecular complexity index is 566. The van der Waals surface area contributed by atoms with Crippen molar-refractivity contribution in [3.8, 4) is 0 Å². The third-order valence-corrected chi connectivity index (χ3v) is 2.87. The van der Waals surface area contributed by atoms with E-state index in [1.807, 2.05) is 45.0 Å². The topological polar surface area (TPSA) is 42.1 Å². The Labute approximate surface area is 114 Å². The molecule has 4 heteroatoms. The van der Waals surface area contributed by atoms with Crippen molar-refractivity contribution in [3.05, 3.63) is 33.5 Å². The predicted octanol–water partition coefficient (Wildman–Crippen LogP) is 3.73. The molecule has 2 aromatic rings. The van der Waals surface area contributed by atoms with Gasteiger partial charge in [0, 0.05) is 14.5 Å². The molecule has 0 saturated heterocycles. The summed E-state index contributed by atoms with van der Waals surface area (Å²) in [4.78, 5) is 14.9. The number of aromatic nitrogens is 1. The summed E-state index contributed by atoms with van der Waals surface area (Å²) in [5.41, 5.74) is 0.978. The van der Waals surface area contributed by atoms with Crippen LogP contribution in [-0.4, -0.2) is 16.6 Å². The van der Waals surface area contributed by atoms with E-state index in [1.54, 1.807) is 0 Å². The van der Waals surface area contributed by atoms with E-state index in [0.717, 1.165) is 14.5 Å².